The van der Waals surface area contributed by atoms with Crippen LogP contribution in [0.4, 0.5) is 4.79 Å². The number of amides is 2. The molecule has 2 unspecified atom stereocenters. The summed E-state index contributed by atoms with van der Waals surface area (Å²) < 4.78 is 5.02. The molecule has 0 spiro atoms. The second kappa shape index (κ2) is 10.5. The lowest BCUT2D eigenvalue weighted by Crippen LogP contribution is -2.47. The maximum absolute atomic E-state index is 12.1. The topological polar surface area (TPSA) is 78.9 Å². The van der Waals surface area contributed by atoms with Crippen molar-refractivity contribution in [3.05, 3.63) is 0 Å². The Balaban J connectivity index is 4.20. The van der Waals surface area contributed by atoms with E-state index in [0.717, 1.165) is 6.42 Å². The first-order valence-electron chi connectivity index (χ1n) is 7.17. The number of ether oxygens (including phenoxy) is 1. The first-order valence-corrected chi connectivity index (χ1v) is 7.17. The Bertz CT molecular complexity index is 297. The van der Waals surface area contributed by atoms with Gasteiger partial charge in [-0.05, 0) is 25.7 Å². The largest absolute Gasteiger partial charge is 0.481 e. The third-order valence-corrected chi connectivity index (χ3v) is 3.37. The molecule has 0 heterocycles. The van der Waals surface area contributed by atoms with Crippen LogP contribution in [0.5, 0.6) is 0 Å². The van der Waals surface area contributed by atoms with Gasteiger partial charge in [0.05, 0.1) is 6.61 Å². The van der Waals surface area contributed by atoms with Gasteiger partial charge in [0.1, 0.15) is 0 Å². The Morgan fingerprint density at radius 1 is 1.35 bits per heavy atom. The summed E-state index contributed by atoms with van der Waals surface area (Å²) in [6.45, 7) is 7.53. The fraction of sp³-hybridized carbons (Fsp3) is 0.857. The van der Waals surface area contributed by atoms with Crippen LogP contribution in [0, 0.1) is 5.92 Å². The van der Waals surface area contributed by atoms with Crippen LogP contribution in [-0.2, 0) is 9.53 Å². The number of hydrogen-bond donors (Lipinski definition) is 2. The van der Waals surface area contributed by atoms with Crippen molar-refractivity contribution >= 4 is 12.0 Å². The van der Waals surface area contributed by atoms with Crippen molar-refractivity contribution in [2.75, 3.05) is 26.8 Å². The maximum Gasteiger partial charge on any atom is 0.317 e. The number of nitrogens with one attached hydrogen (secondary N) is 1. The number of urea groups is 1. The van der Waals surface area contributed by atoms with E-state index in [-0.39, 0.29) is 24.4 Å². The summed E-state index contributed by atoms with van der Waals surface area (Å²) in [5, 5.41) is 11.5. The van der Waals surface area contributed by atoms with E-state index >= 15 is 0 Å². The molecule has 2 N–H and O–H groups in total. The molecule has 0 aromatic carbocycles. The third kappa shape index (κ3) is 7.99. The molecule has 2 atom stereocenters. The van der Waals surface area contributed by atoms with Gasteiger partial charge in [-0.3, -0.25) is 4.79 Å². The van der Waals surface area contributed by atoms with Crippen LogP contribution in [0.25, 0.3) is 0 Å². The summed E-state index contributed by atoms with van der Waals surface area (Å²) in [7, 11) is 1.61. The van der Waals surface area contributed by atoms with Crippen molar-refractivity contribution in [3.8, 4) is 0 Å². The van der Waals surface area contributed by atoms with Crippen molar-refractivity contribution in [3.63, 3.8) is 0 Å². The normalized spacial score (nSPS) is 13.6. The molecule has 0 aliphatic carbocycles. The summed E-state index contributed by atoms with van der Waals surface area (Å²) in [4.78, 5) is 24.4. The minimum Gasteiger partial charge on any atom is -0.481 e. The number of carboxylic acids is 1. The van der Waals surface area contributed by atoms with Gasteiger partial charge in [0.15, 0.2) is 0 Å². The van der Waals surface area contributed by atoms with Crippen molar-refractivity contribution in [2.24, 2.45) is 5.92 Å². The number of hydrogen-bond acceptors (Lipinski definition) is 3. The highest BCUT2D eigenvalue weighted by Gasteiger charge is 2.18. The third-order valence-electron chi connectivity index (χ3n) is 3.37. The number of aliphatic carboxylic acids is 1. The van der Waals surface area contributed by atoms with E-state index in [2.05, 4.69) is 5.32 Å². The lowest BCUT2D eigenvalue weighted by atomic mass is 10.1. The van der Waals surface area contributed by atoms with E-state index in [1.165, 1.54) is 0 Å². The van der Waals surface area contributed by atoms with Gasteiger partial charge in [-0.15, -0.1) is 0 Å². The van der Waals surface area contributed by atoms with E-state index in [1.807, 2.05) is 20.8 Å². The van der Waals surface area contributed by atoms with Crippen LogP contribution < -0.4 is 5.32 Å². The predicted molar refractivity (Wildman–Crippen MR) is 77.8 cm³/mol. The van der Waals surface area contributed by atoms with Crippen molar-refractivity contribution in [1.29, 1.82) is 0 Å². The zero-order chi connectivity index (χ0) is 15.5. The molecule has 6 heteroatoms. The van der Waals surface area contributed by atoms with E-state index < -0.39 is 5.97 Å². The lowest BCUT2D eigenvalue weighted by Gasteiger charge is -2.29. The molecule has 0 saturated heterocycles. The number of nitrogens with zero attached hydrogens (tertiary/aromatic N) is 1. The van der Waals surface area contributed by atoms with Crippen LogP contribution in [0.1, 0.15) is 40.0 Å². The quantitative estimate of drug-likeness (QED) is 0.644. The molecule has 0 aliphatic heterocycles. The maximum atomic E-state index is 12.1. The molecule has 0 radical (unpaired) electrons. The molecule has 0 aliphatic rings. The van der Waals surface area contributed by atoms with Gasteiger partial charge in [-0.25, -0.2) is 4.79 Å². The van der Waals surface area contributed by atoms with Gasteiger partial charge in [0.2, 0.25) is 0 Å². The van der Waals surface area contributed by atoms with E-state index in [1.54, 1.807) is 12.0 Å². The number of methoxy groups -OCH3 is 1. The standard InChI is InChI=1S/C14H28N2O4/c1-5-12(3)16(8-9-20-4)14(19)15-10-11(2)6-7-13(17)18/h11-12H,5-10H2,1-4H3,(H,15,19)(H,17,18). The molecule has 0 aromatic heterocycles. The van der Waals surface area contributed by atoms with Crippen molar-refractivity contribution < 1.29 is 19.4 Å². The first kappa shape index (κ1) is 18.7. The molecule has 0 aromatic rings. The van der Waals surface area contributed by atoms with Gasteiger partial charge in [-0.1, -0.05) is 13.8 Å². The van der Waals surface area contributed by atoms with Crippen LogP contribution in [0.3, 0.4) is 0 Å². The molecule has 0 fully saturated rings. The molecule has 0 rings (SSSR count). The minimum atomic E-state index is -0.801. The monoisotopic (exact) mass is 288 g/mol. The van der Waals surface area contributed by atoms with Crippen molar-refractivity contribution in [2.45, 2.75) is 46.1 Å². The number of carboxylic acid groups (broad SMARTS) is 1. The molecule has 0 bridgehead atoms. The van der Waals surface area contributed by atoms with Crippen LogP contribution in [0.2, 0.25) is 0 Å². The number of rotatable bonds is 10. The zero-order valence-corrected chi connectivity index (χ0v) is 13.0. The Morgan fingerprint density at radius 2 is 2.00 bits per heavy atom. The number of carbonyl (C=O) groups is 2. The summed E-state index contributed by atoms with van der Waals surface area (Å²) >= 11 is 0. The van der Waals surface area contributed by atoms with E-state index in [0.29, 0.717) is 26.1 Å². The highest BCUT2D eigenvalue weighted by Crippen LogP contribution is 2.06. The Morgan fingerprint density at radius 3 is 2.50 bits per heavy atom. The summed E-state index contributed by atoms with van der Waals surface area (Å²) in [6, 6.07) is 0.0399. The molecular weight excluding hydrogens is 260 g/mol. The second-order valence-electron chi connectivity index (χ2n) is 5.17. The summed E-state index contributed by atoms with van der Waals surface area (Å²) in [5.74, 6) is -0.652. The Kier molecular flexibility index (Phi) is 9.80. The zero-order valence-electron chi connectivity index (χ0n) is 13.0. The van der Waals surface area contributed by atoms with E-state index in [9.17, 15) is 9.59 Å². The average Bonchev–Trinajstić information content (AvgIpc) is 2.42. The first-order chi connectivity index (χ1) is 9.42. The van der Waals surface area contributed by atoms with Gasteiger partial charge in [-0.2, -0.15) is 0 Å². The fourth-order valence-electron chi connectivity index (χ4n) is 1.77. The molecule has 0 saturated carbocycles. The molecule has 2 amide bonds. The molecular formula is C14H28N2O4. The summed E-state index contributed by atoms with van der Waals surface area (Å²) in [6.07, 6.45) is 1.58. The summed E-state index contributed by atoms with van der Waals surface area (Å²) in [5.41, 5.74) is 0. The van der Waals surface area contributed by atoms with Gasteiger partial charge in [0, 0.05) is 32.7 Å². The van der Waals surface area contributed by atoms with Crippen LogP contribution in [0.15, 0.2) is 0 Å². The average molecular weight is 288 g/mol. The van der Waals surface area contributed by atoms with E-state index in [4.69, 9.17) is 9.84 Å². The lowest BCUT2D eigenvalue weighted by molar-refractivity contribution is -0.137. The Hall–Kier alpha value is -1.30. The molecule has 118 valence electrons. The fourth-order valence-corrected chi connectivity index (χ4v) is 1.77. The Labute approximate surface area is 121 Å². The van der Waals surface area contributed by atoms with Gasteiger partial charge in [0.25, 0.3) is 0 Å². The van der Waals surface area contributed by atoms with Crippen LogP contribution >= 0.6 is 0 Å². The van der Waals surface area contributed by atoms with Crippen molar-refractivity contribution in [1.82, 2.24) is 10.2 Å². The van der Waals surface area contributed by atoms with Gasteiger partial charge < -0.3 is 20.1 Å². The minimum absolute atomic E-state index is 0.112. The molecule has 20 heavy (non-hydrogen) atoms. The number of carbonyl (C=O) groups excluding carboxylic acids is 1. The highest BCUT2D eigenvalue weighted by atomic mass is 16.5. The second-order valence-corrected chi connectivity index (χ2v) is 5.17. The smallest absolute Gasteiger partial charge is 0.317 e. The van der Waals surface area contributed by atoms with Gasteiger partial charge >= 0.3 is 12.0 Å². The predicted octanol–water partition coefficient (Wildman–Crippen LogP) is 1.94. The highest BCUT2D eigenvalue weighted by molar-refractivity contribution is 5.74. The molecule has 6 nitrogen and oxygen atoms in total. The van der Waals surface area contributed by atoms with Crippen LogP contribution in [-0.4, -0.2) is 54.9 Å². The SMILES string of the molecule is CCC(C)N(CCOC)C(=O)NCC(C)CCC(=O)O.